The summed E-state index contributed by atoms with van der Waals surface area (Å²) < 4.78 is 12.9. The van der Waals surface area contributed by atoms with Crippen molar-refractivity contribution in [1.29, 1.82) is 0 Å². The van der Waals surface area contributed by atoms with E-state index in [1.807, 2.05) is 38.6 Å². The SMILES string of the molecule is CN=C(NCc1ccc(OC)cc1)N1CCOC(c2cnn(C)c2)C1. The first-order valence-electron chi connectivity index (χ1n) is 8.38. The lowest BCUT2D eigenvalue weighted by Gasteiger charge is -2.34. The van der Waals surface area contributed by atoms with E-state index in [1.54, 1.807) is 11.8 Å². The number of hydrogen-bond donors (Lipinski definition) is 1. The van der Waals surface area contributed by atoms with Gasteiger partial charge in [0, 0.05) is 38.9 Å². The van der Waals surface area contributed by atoms with Gasteiger partial charge in [-0.15, -0.1) is 0 Å². The Morgan fingerprint density at radius 1 is 1.40 bits per heavy atom. The molecule has 7 nitrogen and oxygen atoms in total. The van der Waals surface area contributed by atoms with Gasteiger partial charge in [0.15, 0.2) is 5.96 Å². The Morgan fingerprint density at radius 3 is 2.84 bits per heavy atom. The number of guanidine groups is 1. The summed E-state index contributed by atoms with van der Waals surface area (Å²) in [6.07, 6.45) is 3.88. The van der Waals surface area contributed by atoms with E-state index in [4.69, 9.17) is 9.47 Å². The number of benzene rings is 1. The van der Waals surface area contributed by atoms with Crippen LogP contribution in [0.2, 0.25) is 0 Å². The summed E-state index contributed by atoms with van der Waals surface area (Å²) in [5, 5.41) is 7.66. The number of hydrogen-bond acceptors (Lipinski definition) is 4. The van der Waals surface area contributed by atoms with Crippen molar-refractivity contribution >= 4 is 5.96 Å². The van der Waals surface area contributed by atoms with Gasteiger partial charge >= 0.3 is 0 Å². The average molecular weight is 343 g/mol. The van der Waals surface area contributed by atoms with Gasteiger partial charge < -0.3 is 19.7 Å². The number of nitrogens with zero attached hydrogens (tertiary/aromatic N) is 4. The largest absolute Gasteiger partial charge is 0.497 e. The number of morpholine rings is 1. The van der Waals surface area contributed by atoms with Crippen LogP contribution < -0.4 is 10.1 Å². The zero-order valence-corrected chi connectivity index (χ0v) is 15.0. The van der Waals surface area contributed by atoms with E-state index in [2.05, 4.69) is 32.4 Å². The highest BCUT2D eigenvalue weighted by molar-refractivity contribution is 5.80. The van der Waals surface area contributed by atoms with Gasteiger partial charge in [-0.3, -0.25) is 9.67 Å². The normalized spacial score (nSPS) is 18.3. The quantitative estimate of drug-likeness (QED) is 0.674. The molecule has 0 aliphatic carbocycles. The number of aliphatic imine (C=N–C) groups is 1. The van der Waals surface area contributed by atoms with Crippen LogP contribution in [0.15, 0.2) is 41.7 Å². The summed E-state index contributed by atoms with van der Waals surface area (Å²) in [4.78, 5) is 6.65. The Labute approximate surface area is 148 Å². The second-order valence-corrected chi connectivity index (χ2v) is 6.00. The van der Waals surface area contributed by atoms with E-state index < -0.39 is 0 Å². The van der Waals surface area contributed by atoms with E-state index in [-0.39, 0.29) is 6.10 Å². The van der Waals surface area contributed by atoms with Gasteiger partial charge in [-0.1, -0.05) is 12.1 Å². The predicted octanol–water partition coefficient (Wildman–Crippen LogP) is 1.58. The third kappa shape index (κ3) is 4.30. The predicted molar refractivity (Wildman–Crippen MR) is 96.7 cm³/mol. The van der Waals surface area contributed by atoms with Crippen LogP contribution in [0, 0.1) is 0 Å². The van der Waals surface area contributed by atoms with E-state index in [0.29, 0.717) is 13.2 Å². The molecular weight excluding hydrogens is 318 g/mol. The number of ether oxygens (including phenoxy) is 2. The molecule has 1 fully saturated rings. The monoisotopic (exact) mass is 343 g/mol. The van der Waals surface area contributed by atoms with Crippen molar-refractivity contribution in [3.63, 3.8) is 0 Å². The summed E-state index contributed by atoms with van der Waals surface area (Å²) in [5.74, 6) is 1.74. The summed E-state index contributed by atoms with van der Waals surface area (Å²) in [6, 6.07) is 8.04. The highest BCUT2D eigenvalue weighted by atomic mass is 16.5. The molecule has 1 aliphatic heterocycles. The average Bonchev–Trinajstić information content (AvgIpc) is 3.09. The maximum atomic E-state index is 5.90. The maximum absolute atomic E-state index is 5.90. The maximum Gasteiger partial charge on any atom is 0.194 e. The fourth-order valence-corrected chi connectivity index (χ4v) is 2.91. The third-order valence-electron chi connectivity index (χ3n) is 4.28. The van der Waals surface area contributed by atoms with Crippen molar-refractivity contribution in [2.75, 3.05) is 33.9 Å². The summed E-state index contributed by atoms with van der Waals surface area (Å²) in [5.41, 5.74) is 2.27. The fourth-order valence-electron chi connectivity index (χ4n) is 2.91. The number of nitrogens with one attached hydrogen (secondary N) is 1. The molecule has 7 heteroatoms. The molecule has 1 aromatic carbocycles. The first-order valence-corrected chi connectivity index (χ1v) is 8.38. The van der Waals surface area contributed by atoms with E-state index in [1.165, 1.54) is 5.56 Å². The molecule has 1 saturated heterocycles. The first-order chi connectivity index (χ1) is 12.2. The minimum Gasteiger partial charge on any atom is -0.497 e. The topological polar surface area (TPSA) is 63.9 Å². The molecule has 1 aliphatic rings. The summed E-state index contributed by atoms with van der Waals surface area (Å²) >= 11 is 0. The molecular formula is C18H25N5O2. The smallest absolute Gasteiger partial charge is 0.194 e. The van der Waals surface area contributed by atoms with Crippen LogP contribution in [0.25, 0.3) is 0 Å². The van der Waals surface area contributed by atoms with Gasteiger partial charge in [-0.2, -0.15) is 5.10 Å². The third-order valence-corrected chi connectivity index (χ3v) is 4.28. The fraction of sp³-hybridized carbons (Fsp3) is 0.444. The van der Waals surface area contributed by atoms with Crippen molar-refractivity contribution in [3.05, 3.63) is 47.8 Å². The Morgan fingerprint density at radius 2 is 2.20 bits per heavy atom. The number of aryl methyl sites for hydroxylation is 1. The molecule has 0 bridgehead atoms. The summed E-state index contributed by atoms with van der Waals surface area (Å²) in [6.45, 7) is 2.96. The highest BCUT2D eigenvalue weighted by Gasteiger charge is 2.25. The van der Waals surface area contributed by atoms with E-state index in [9.17, 15) is 0 Å². The standard InChI is InChI=1S/C18H25N5O2/c1-19-18(20-10-14-4-6-16(24-3)7-5-14)23-8-9-25-17(13-23)15-11-21-22(2)12-15/h4-7,11-12,17H,8-10,13H2,1-3H3,(H,19,20). The van der Waals surface area contributed by atoms with Gasteiger partial charge in [0.1, 0.15) is 11.9 Å². The molecule has 1 unspecified atom stereocenters. The molecule has 1 atom stereocenters. The van der Waals surface area contributed by atoms with Crippen LogP contribution in [0.5, 0.6) is 5.75 Å². The second kappa shape index (κ2) is 8.02. The van der Waals surface area contributed by atoms with Gasteiger partial charge in [-0.25, -0.2) is 0 Å². The molecule has 134 valence electrons. The lowest BCUT2D eigenvalue weighted by atomic mass is 10.1. The zero-order valence-electron chi connectivity index (χ0n) is 15.0. The van der Waals surface area contributed by atoms with Gasteiger partial charge in [0.05, 0.1) is 26.5 Å². The van der Waals surface area contributed by atoms with Crippen molar-refractivity contribution < 1.29 is 9.47 Å². The Bertz CT molecular complexity index is 711. The van der Waals surface area contributed by atoms with Gasteiger partial charge in [0.2, 0.25) is 0 Å². The Balaban J connectivity index is 1.60. The van der Waals surface area contributed by atoms with Crippen molar-refractivity contribution in [2.24, 2.45) is 12.0 Å². The molecule has 2 aromatic rings. The van der Waals surface area contributed by atoms with Crippen LogP contribution in [-0.2, 0) is 18.3 Å². The van der Waals surface area contributed by atoms with E-state index >= 15 is 0 Å². The summed E-state index contributed by atoms with van der Waals surface area (Å²) in [7, 11) is 5.40. The van der Waals surface area contributed by atoms with Crippen LogP contribution in [0.1, 0.15) is 17.2 Å². The first kappa shape index (κ1) is 17.3. The van der Waals surface area contributed by atoms with Gasteiger partial charge in [-0.05, 0) is 17.7 Å². The molecule has 3 rings (SSSR count). The minimum atomic E-state index is 0.0157. The highest BCUT2D eigenvalue weighted by Crippen LogP contribution is 2.21. The van der Waals surface area contributed by atoms with E-state index in [0.717, 1.165) is 30.4 Å². The van der Waals surface area contributed by atoms with Gasteiger partial charge in [0.25, 0.3) is 0 Å². The number of methoxy groups -OCH3 is 1. The Kier molecular flexibility index (Phi) is 5.55. The molecule has 1 N–H and O–H groups in total. The lowest BCUT2D eigenvalue weighted by Crippen LogP contribution is -2.47. The molecule has 0 saturated carbocycles. The van der Waals surface area contributed by atoms with Crippen LogP contribution in [0.4, 0.5) is 0 Å². The van der Waals surface area contributed by atoms with Crippen molar-refractivity contribution in [1.82, 2.24) is 20.0 Å². The number of rotatable bonds is 4. The van der Waals surface area contributed by atoms with Crippen molar-refractivity contribution in [2.45, 2.75) is 12.6 Å². The second-order valence-electron chi connectivity index (χ2n) is 6.00. The lowest BCUT2D eigenvalue weighted by molar-refractivity contribution is -0.00805. The molecule has 1 aromatic heterocycles. The molecule has 0 radical (unpaired) electrons. The van der Waals surface area contributed by atoms with Crippen LogP contribution in [0.3, 0.4) is 0 Å². The molecule has 2 heterocycles. The van der Waals surface area contributed by atoms with Crippen molar-refractivity contribution in [3.8, 4) is 5.75 Å². The van der Waals surface area contributed by atoms with Crippen LogP contribution >= 0.6 is 0 Å². The molecule has 0 spiro atoms. The molecule has 0 amide bonds. The number of aromatic nitrogens is 2. The van der Waals surface area contributed by atoms with Crippen LogP contribution in [-0.4, -0.2) is 54.5 Å². The zero-order chi connectivity index (χ0) is 17.6. The molecule has 25 heavy (non-hydrogen) atoms. The Hall–Kier alpha value is -2.54. The minimum absolute atomic E-state index is 0.0157.